The van der Waals surface area contributed by atoms with Crippen LogP contribution in [-0.2, 0) is 22.4 Å². The third-order valence-corrected chi connectivity index (χ3v) is 4.29. The van der Waals surface area contributed by atoms with E-state index in [2.05, 4.69) is 21.3 Å². The number of carboxylic acid groups (broad SMARTS) is 2. The maximum absolute atomic E-state index is 10.6. The number of aromatic amines is 1. The van der Waals surface area contributed by atoms with Gasteiger partial charge in [0.05, 0.1) is 18.2 Å². The number of anilines is 1. The van der Waals surface area contributed by atoms with Crippen molar-refractivity contribution < 1.29 is 50.6 Å². The number of nitriles is 1. The van der Waals surface area contributed by atoms with Gasteiger partial charge in [-0.15, -0.1) is 0 Å². The van der Waals surface area contributed by atoms with E-state index in [1.54, 1.807) is 18.5 Å². The number of alkyl halides is 6. The van der Waals surface area contributed by atoms with Gasteiger partial charge in [0.25, 0.3) is 0 Å². The van der Waals surface area contributed by atoms with Crippen molar-refractivity contribution in [2.24, 2.45) is 0 Å². The molecule has 16 heteroatoms. The van der Waals surface area contributed by atoms with Crippen molar-refractivity contribution in [1.82, 2.24) is 15.2 Å². The molecule has 0 atom stereocenters. The van der Waals surface area contributed by atoms with Crippen molar-refractivity contribution in [2.75, 3.05) is 5.73 Å². The highest BCUT2D eigenvalue weighted by Gasteiger charge is 2.38. The molecular weight excluding hydrogens is 492 g/mol. The summed E-state index contributed by atoms with van der Waals surface area (Å²) in [6.45, 7) is 0. The molecular formula is C19H13F6N5O5. The van der Waals surface area contributed by atoms with E-state index in [0.717, 1.165) is 40.9 Å². The summed E-state index contributed by atoms with van der Waals surface area (Å²) >= 11 is 0. The molecule has 1 aliphatic rings. The van der Waals surface area contributed by atoms with E-state index in [1.165, 1.54) is 0 Å². The SMILES string of the molecule is N#Cc1c(N)nc2c(c1-c1ccco1)CCc1[nH]ncc1-2.O=C(O)C(F)(F)F.O=C(O)C(F)(F)F. The maximum Gasteiger partial charge on any atom is 0.490 e. The predicted molar refractivity (Wildman–Crippen MR) is 103 cm³/mol. The van der Waals surface area contributed by atoms with Gasteiger partial charge in [0.15, 0.2) is 0 Å². The summed E-state index contributed by atoms with van der Waals surface area (Å²) < 4.78 is 69.0. The highest BCUT2D eigenvalue weighted by atomic mass is 19.4. The molecule has 186 valence electrons. The summed E-state index contributed by atoms with van der Waals surface area (Å²) in [7, 11) is 0. The maximum atomic E-state index is 10.6. The van der Waals surface area contributed by atoms with Crippen LogP contribution < -0.4 is 5.73 Å². The highest BCUT2D eigenvalue weighted by Crippen LogP contribution is 2.40. The average Bonchev–Trinajstić information content (AvgIpc) is 3.44. The van der Waals surface area contributed by atoms with Gasteiger partial charge >= 0.3 is 24.3 Å². The van der Waals surface area contributed by atoms with Crippen LogP contribution in [0.1, 0.15) is 16.8 Å². The molecule has 0 radical (unpaired) electrons. The molecule has 0 unspecified atom stereocenters. The Morgan fingerprint density at radius 1 is 1.11 bits per heavy atom. The third-order valence-electron chi connectivity index (χ3n) is 4.29. The standard InChI is InChI=1S/C15H11N5O.2C2HF3O2/c16-6-9-13(12-2-1-5-21-12)8-3-4-11-10(7-18-20-11)14(8)19-15(9)17;2*3-2(4,5)1(6)7/h1-2,5,7H,3-4H2,(H2,17,19)(H,18,20);2*(H,6,7). The van der Waals surface area contributed by atoms with Crippen molar-refractivity contribution in [3.8, 4) is 28.7 Å². The van der Waals surface area contributed by atoms with Crippen LogP contribution in [0, 0.1) is 11.3 Å². The quantitative estimate of drug-likeness (QED) is 0.360. The Bertz CT molecular complexity index is 1230. The Kier molecular flexibility index (Phi) is 7.75. The number of nitrogens with one attached hydrogen (secondary N) is 1. The molecule has 3 heterocycles. The predicted octanol–water partition coefficient (Wildman–Crippen LogP) is 3.55. The molecule has 3 aromatic heterocycles. The van der Waals surface area contributed by atoms with Crippen molar-refractivity contribution in [2.45, 2.75) is 25.2 Å². The van der Waals surface area contributed by atoms with Gasteiger partial charge in [-0.05, 0) is 30.5 Å². The number of nitrogens with zero attached hydrogens (tertiary/aromatic N) is 3. The Morgan fingerprint density at radius 3 is 2.14 bits per heavy atom. The second-order valence-corrected chi connectivity index (χ2v) is 6.53. The summed E-state index contributed by atoms with van der Waals surface area (Å²) in [5.74, 6) is -4.65. The van der Waals surface area contributed by atoms with Gasteiger partial charge in [-0.25, -0.2) is 14.6 Å². The number of carboxylic acids is 2. The molecule has 0 amide bonds. The van der Waals surface area contributed by atoms with E-state index in [9.17, 15) is 31.6 Å². The smallest absolute Gasteiger partial charge is 0.475 e. The van der Waals surface area contributed by atoms with Crippen LogP contribution in [-0.4, -0.2) is 49.7 Å². The number of carbonyl (C=O) groups is 2. The number of furan rings is 1. The summed E-state index contributed by atoms with van der Waals surface area (Å²) in [4.78, 5) is 22.2. The first-order chi connectivity index (χ1) is 16.2. The molecule has 1 aliphatic carbocycles. The number of hydrogen-bond acceptors (Lipinski definition) is 7. The Labute approximate surface area is 190 Å². The van der Waals surface area contributed by atoms with Gasteiger partial charge < -0.3 is 20.4 Å². The van der Waals surface area contributed by atoms with Crippen molar-refractivity contribution in [3.63, 3.8) is 0 Å². The number of fused-ring (bicyclic) bond motifs is 3. The summed E-state index contributed by atoms with van der Waals surface area (Å²) in [5, 5.41) is 30.7. The molecule has 4 rings (SSSR count). The normalized spacial score (nSPS) is 12.0. The van der Waals surface area contributed by atoms with Gasteiger partial charge in [0.2, 0.25) is 0 Å². The summed E-state index contributed by atoms with van der Waals surface area (Å²) in [6.07, 6.45) is -5.24. The Morgan fingerprint density at radius 2 is 1.69 bits per heavy atom. The van der Waals surface area contributed by atoms with E-state index >= 15 is 0 Å². The van der Waals surface area contributed by atoms with Crippen LogP contribution in [0.25, 0.3) is 22.6 Å². The minimum Gasteiger partial charge on any atom is -0.475 e. The fraction of sp³-hybridized carbons (Fsp3) is 0.211. The number of pyridine rings is 1. The zero-order valence-corrected chi connectivity index (χ0v) is 17.0. The fourth-order valence-electron chi connectivity index (χ4n) is 2.87. The molecule has 10 nitrogen and oxygen atoms in total. The Balaban J connectivity index is 0.000000257. The number of aliphatic carboxylic acids is 2. The lowest BCUT2D eigenvalue weighted by molar-refractivity contribution is -0.193. The molecule has 0 saturated heterocycles. The zero-order chi connectivity index (χ0) is 26.6. The lowest BCUT2D eigenvalue weighted by Gasteiger charge is -2.19. The molecule has 5 N–H and O–H groups in total. The van der Waals surface area contributed by atoms with Gasteiger partial charge in [0, 0.05) is 16.8 Å². The number of halogens is 6. The largest absolute Gasteiger partial charge is 0.490 e. The van der Waals surface area contributed by atoms with Crippen LogP contribution in [0.4, 0.5) is 32.2 Å². The number of hydrogen-bond donors (Lipinski definition) is 4. The molecule has 0 spiro atoms. The second-order valence-electron chi connectivity index (χ2n) is 6.53. The van der Waals surface area contributed by atoms with Crippen molar-refractivity contribution in [3.05, 3.63) is 41.4 Å². The number of aryl methyl sites for hydroxylation is 1. The topological polar surface area (TPSA) is 179 Å². The van der Waals surface area contributed by atoms with Gasteiger partial charge in [-0.3, -0.25) is 5.10 Å². The molecule has 35 heavy (non-hydrogen) atoms. The summed E-state index contributed by atoms with van der Waals surface area (Å²) in [6, 6.07) is 5.78. The summed E-state index contributed by atoms with van der Waals surface area (Å²) in [5.41, 5.74) is 10.9. The van der Waals surface area contributed by atoms with Crippen molar-refractivity contribution in [1.29, 1.82) is 5.26 Å². The average molecular weight is 505 g/mol. The molecule has 0 fully saturated rings. The lowest BCUT2D eigenvalue weighted by Crippen LogP contribution is -2.21. The van der Waals surface area contributed by atoms with Gasteiger partial charge in [-0.1, -0.05) is 0 Å². The zero-order valence-electron chi connectivity index (χ0n) is 17.0. The lowest BCUT2D eigenvalue weighted by atomic mass is 9.88. The van der Waals surface area contributed by atoms with Crippen LogP contribution in [0.15, 0.2) is 29.0 Å². The fourth-order valence-corrected chi connectivity index (χ4v) is 2.87. The molecule has 3 aromatic rings. The number of nitrogens with two attached hydrogens (primary N) is 1. The van der Waals surface area contributed by atoms with E-state index < -0.39 is 24.3 Å². The van der Waals surface area contributed by atoms with Crippen LogP contribution in [0.2, 0.25) is 0 Å². The monoisotopic (exact) mass is 505 g/mol. The first kappa shape index (κ1) is 26.7. The first-order valence-electron chi connectivity index (χ1n) is 9.07. The van der Waals surface area contributed by atoms with E-state index in [1.807, 2.05) is 6.07 Å². The number of H-pyrrole nitrogens is 1. The Hall–Kier alpha value is -4.55. The second kappa shape index (κ2) is 10.2. The molecule has 0 aliphatic heterocycles. The van der Waals surface area contributed by atoms with E-state index in [0.29, 0.717) is 11.3 Å². The minimum atomic E-state index is -5.08. The molecule has 0 bridgehead atoms. The van der Waals surface area contributed by atoms with E-state index in [4.69, 9.17) is 30.0 Å². The van der Waals surface area contributed by atoms with Crippen LogP contribution in [0.3, 0.4) is 0 Å². The third kappa shape index (κ3) is 6.28. The minimum absolute atomic E-state index is 0.219. The number of aromatic nitrogens is 3. The van der Waals surface area contributed by atoms with Crippen molar-refractivity contribution >= 4 is 17.8 Å². The van der Waals surface area contributed by atoms with Gasteiger partial charge in [-0.2, -0.15) is 36.7 Å². The van der Waals surface area contributed by atoms with Gasteiger partial charge in [0.1, 0.15) is 23.2 Å². The number of nitrogen functional groups attached to an aromatic ring is 1. The van der Waals surface area contributed by atoms with Crippen LogP contribution in [0.5, 0.6) is 0 Å². The number of rotatable bonds is 1. The first-order valence-corrected chi connectivity index (χ1v) is 9.07. The molecule has 0 saturated carbocycles. The molecule has 0 aromatic carbocycles. The highest BCUT2D eigenvalue weighted by molar-refractivity contribution is 5.84. The van der Waals surface area contributed by atoms with E-state index in [-0.39, 0.29) is 5.82 Å². The van der Waals surface area contributed by atoms with Crippen LogP contribution >= 0.6 is 0 Å².